The number of halogens is 2. The van der Waals surface area contributed by atoms with Gasteiger partial charge < -0.3 is 10.2 Å². The van der Waals surface area contributed by atoms with Crippen molar-refractivity contribution in [1.82, 2.24) is 10.2 Å². The maximum atomic E-state index is 13.1. The Morgan fingerprint density at radius 2 is 1.68 bits per heavy atom. The predicted molar refractivity (Wildman–Crippen MR) is 115 cm³/mol. The molecule has 2 rings (SSSR count). The molecule has 0 aliphatic carbocycles. The first-order valence-electron chi connectivity index (χ1n) is 9.39. The van der Waals surface area contributed by atoms with Crippen molar-refractivity contribution in [3.63, 3.8) is 0 Å². The Morgan fingerprint density at radius 1 is 1.00 bits per heavy atom. The third-order valence-electron chi connectivity index (χ3n) is 4.68. The van der Waals surface area contributed by atoms with Crippen LogP contribution in [-0.4, -0.2) is 28.8 Å². The standard InChI is InChI=1S/C22H26Cl2N2O2/c1-4-15(2)25-22(28)16(3)26(14-18-6-5-7-20(24)12-18)21(27)13-17-8-10-19(23)11-9-17/h5-12,15-16H,4,13-14H2,1-3H3,(H,25,28)/t15-,16+/m1/s1. The zero-order chi connectivity index (χ0) is 20.7. The Kier molecular flexibility index (Phi) is 8.34. The molecular formula is C22H26Cl2N2O2. The highest BCUT2D eigenvalue weighted by Gasteiger charge is 2.26. The minimum atomic E-state index is -0.604. The zero-order valence-electron chi connectivity index (χ0n) is 16.4. The zero-order valence-corrected chi connectivity index (χ0v) is 17.9. The third kappa shape index (κ3) is 6.54. The van der Waals surface area contributed by atoms with Crippen molar-refractivity contribution in [3.8, 4) is 0 Å². The van der Waals surface area contributed by atoms with E-state index in [1.807, 2.05) is 44.2 Å². The second kappa shape index (κ2) is 10.5. The molecule has 0 heterocycles. The summed E-state index contributed by atoms with van der Waals surface area (Å²) in [6, 6.07) is 13.9. The van der Waals surface area contributed by atoms with Crippen molar-refractivity contribution in [2.24, 2.45) is 0 Å². The van der Waals surface area contributed by atoms with Crippen LogP contribution >= 0.6 is 23.2 Å². The van der Waals surface area contributed by atoms with Gasteiger partial charge in [-0.3, -0.25) is 9.59 Å². The van der Waals surface area contributed by atoms with E-state index in [0.29, 0.717) is 16.6 Å². The van der Waals surface area contributed by atoms with Crippen LogP contribution in [0.2, 0.25) is 10.0 Å². The van der Waals surface area contributed by atoms with Gasteiger partial charge in [-0.15, -0.1) is 0 Å². The largest absolute Gasteiger partial charge is 0.352 e. The lowest BCUT2D eigenvalue weighted by Crippen LogP contribution is -2.49. The lowest BCUT2D eigenvalue weighted by atomic mass is 10.1. The Bertz CT molecular complexity index is 808. The van der Waals surface area contributed by atoms with Crippen LogP contribution in [0.25, 0.3) is 0 Å². The SMILES string of the molecule is CC[C@@H](C)NC(=O)[C@H](C)N(Cc1cccc(Cl)c1)C(=O)Cc1ccc(Cl)cc1. The first-order chi connectivity index (χ1) is 13.3. The molecule has 150 valence electrons. The number of amides is 2. The van der Waals surface area contributed by atoms with Gasteiger partial charge in [0.25, 0.3) is 0 Å². The number of carbonyl (C=O) groups is 2. The van der Waals surface area contributed by atoms with Gasteiger partial charge in [0.2, 0.25) is 11.8 Å². The summed E-state index contributed by atoms with van der Waals surface area (Å²) in [5, 5.41) is 4.17. The minimum absolute atomic E-state index is 0.0503. The van der Waals surface area contributed by atoms with E-state index in [4.69, 9.17) is 23.2 Å². The molecule has 28 heavy (non-hydrogen) atoms. The number of rotatable bonds is 8. The van der Waals surface area contributed by atoms with Gasteiger partial charge in [-0.1, -0.05) is 54.4 Å². The molecule has 2 amide bonds. The Hall–Kier alpha value is -2.04. The summed E-state index contributed by atoms with van der Waals surface area (Å²) in [6.07, 6.45) is 1.02. The number of nitrogens with one attached hydrogen (secondary N) is 1. The molecular weight excluding hydrogens is 395 g/mol. The van der Waals surface area contributed by atoms with E-state index in [9.17, 15) is 9.59 Å². The molecule has 0 aromatic heterocycles. The lowest BCUT2D eigenvalue weighted by Gasteiger charge is -2.30. The summed E-state index contributed by atoms with van der Waals surface area (Å²) in [5.74, 6) is -0.296. The van der Waals surface area contributed by atoms with Gasteiger partial charge in [0, 0.05) is 22.6 Å². The number of hydrogen-bond donors (Lipinski definition) is 1. The van der Waals surface area contributed by atoms with Gasteiger partial charge in [-0.2, -0.15) is 0 Å². The topological polar surface area (TPSA) is 49.4 Å². The molecule has 0 bridgehead atoms. The molecule has 0 aliphatic rings. The average molecular weight is 421 g/mol. The summed E-state index contributed by atoms with van der Waals surface area (Å²) >= 11 is 12.0. The van der Waals surface area contributed by atoms with Crippen LogP contribution in [-0.2, 0) is 22.6 Å². The maximum absolute atomic E-state index is 13.1. The highest BCUT2D eigenvalue weighted by Crippen LogP contribution is 2.17. The van der Waals surface area contributed by atoms with Gasteiger partial charge in [0.05, 0.1) is 6.42 Å². The summed E-state index contributed by atoms with van der Waals surface area (Å²) < 4.78 is 0. The first kappa shape index (κ1) is 22.3. The van der Waals surface area contributed by atoms with E-state index >= 15 is 0 Å². The Labute approximate surface area is 176 Å². The summed E-state index contributed by atoms with van der Waals surface area (Å²) in [5.41, 5.74) is 1.72. The smallest absolute Gasteiger partial charge is 0.242 e. The van der Waals surface area contributed by atoms with E-state index in [-0.39, 0.29) is 24.3 Å². The second-order valence-corrected chi connectivity index (χ2v) is 7.82. The van der Waals surface area contributed by atoms with Gasteiger partial charge >= 0.3 is 0 Å². The van der Waals surface area contributed by atoms with Crippen molar-refractivity contribution in [3.05, 3.63) is 69.7 Å². The van der Waals surface area contributed by atoms with E-state index in [2.05, 4.69) is 5.32 Å². The van der Waals surface area contributed by atoms with Crippen LogP contribution in [0.1, 0.15) is 38.3 Å². The molecule has 2 aromatic rings. The molecule has 0 saturated heterocycles. The number of hydrogen-bond acceptors (Lipinski definition) is 2. The summed E-state index contributed by atoms with van der Waals surface area (Å²) in [7, 11) is 0. The molecule has 6 heteroatoms. The van der Waals surface area contributed by atoms with Crippen LogP contribution in [0, 0.1) is 0 Å². The van der Waals surface area contributed by atoms with Crippen molar-refractivity contribution < 1.29 is 9.59 Å². The van der Waals surface area contributed by atoms with Crippen molar-refractivity contribution in [1.29, 1.82) is 0 Å². The predicted octanol–water partition coefficient (Wildman–Crippen LogP) is 4.87. The van der Waals surface area contributed by atoms with Crippen LogP contribution in [0.4, 0.5) is 0 Å². The second-order valence-electron chi connectivity index (χ2n) is 6.95. The Morgan fingerprint density at radius 3 is 2.29 bits per heavy atom. The number of carbonyl (C=O) groups excluding carboxylic acids is 2. The van der Waals surface area contributed by atoms with Gasteiger partial charge in [0.1, 0.15) is 6.04 Å². The monoisotopic (exact) mass is 420 g/mol. The number of nitrogens with zero attached hydrogens (tertiary/aromatic N) is 1. The summed E-state index contributed by atoms with van der Waals surface area (Å²) in [4.78, 5) is 27.3. The first-order valence-corrected chi connectivity index (χ1v) is 10.1. The fraction of sp³-hybridized carbons (Fsp3) is 0.364. The molecule has 0 aliphatic heterocycles. The van der Waals surface area contributed by atoms with Gasteiger partial charge in [0.15, 0.2) is 0 Å². The Balaban J connectivity index is 2.22. The molecule has 0 saturated carbocycles. The van der Waals surface area contributed by atoms with Crippen molar-refractivity contribution in [2.45, 2.75) is 52.2 Å². The fourth-order valence-corrected chi connectivity index (χ4v) is 3.10. The molecule has 0 fully saturated rings. The molecule has 2 aromatic carbocycles. The molecule has 0 radical (unpaired) electrons. The van der Waals surface area contributed by atoms with Crippen LogP contribution in [0.3, 0.4) is 0 Å². The highest BCUT2D eigenvalue weighted by molar-refractivity contribution is 6.30. The molecule has 4 nitrogen and oxygen atoms in total. The van der Waals surface area contributed by atoms with Crippen LogP contribution in [0.15, 0.2) is 48.5 Å². The molecule has 2 atom stereocenters. The van der Waals surface area contributed by atoms with E-state index in [0.717, 1.165) is 17.5 Å². The fourth-order valence-electron chi connectivity index (χ4n) is 2.76. The van der Waals surface area contributed by atoms with Gasteiger partial charge in [-0.25, -0.2) is 0 Å². The van der Waals surface area contributed by atoms with Crippen LogP contribution in [0.5, 0.6) is 0 Å². The highest BCUT2D eigenvalue weighted by atomic mass is 35.5. The molecule has 1 N–H and O–H groups in total. The van der Waals surface area contributed by atoms with E-state index < -0.39 is 6.04 Å². The average Bonchev–Trinajstić information content (AvgIpc) is 2.67. The van der Waals surface area contributed by atoms with Crippen molar-refractivity contribution in [2.75, 3.05) is 0 Å². The maximum Gasteiger partial charge on any atom is 0.242 e. The van der Waals surface area contributed by atoms with Gasteiger partial charge in [-0.05, 0) is 55.7 Å². The molecule has 0 unspecified atom stereocenters. The minimum Gasteiger partial charge on any atom is -0.352 e. The summed E-state index contributed by atoms with van der Waals surface area (Å²) in [6.45, 7) is 6.01. The molecule has 0 spiro atoms. The lowest BCUT2D eigenvalue weighted by molar-refractivity contribution is -0.140. The van der Waals surface area contributed by atoms with E-state index in [1.54, 1.807) is 30.0 Å². The number of benzene rings is 2. The quantitative estimate of drug-likeness (QED) is 0.661. The van der Waals surface area contributed by atoms with E-state index in [1.165, 1.54) is 0 Å². The van der Waals surface area contributed by atoms with Crippen molar-refractivity contribution >= 4 is 35.0 Å². The third-order valence-corrected chi connectivity index (χ3v) is 5.17. The van der Waals surface area contributed by atoms with Crippen LogP contribution < -0.4 is 5.32 Å². The normalized spacial score (nSPS) is 12.9.